The molecule has 2 N–H and O–H groups in total. The van der Waals surface area contributed by atoms with E-state index in [0.717, 1.165) is 6.42 Å². The topological polar surface area (TPSA) is 71.1 Å². The zero-order valence-electron chi connectivity index (χ0n) is 11.7. The Morgan fingerprint density at radius 2 is 2.20 bits per heavy atom. The Kier molecular flexibility index (Phi) is 7.14. The van der Waals surface area contributed by atoms with Gasteiger partial charge in [0.1, 0.15) is 0 Å². The van der Waals surface area contributed by atoms with Gasteiger partial charge in [0.2, 0.25) is 0 Å². The average Bonchev–Trinajstić information content (AvgIpc) is 2.42. The van der Waals surface area contributed by atoms with Gasteiger partial charge in [-0.3, -0.25) is 9.00 Å². The van der Waals surface area contributed by atoms with Gasteiger partial charge < -0.3 is 10.6 Å². The molecule has 112 valence electrons. The normalized spacial score (nSPS) is 11.9. The molecule has 0 saturated carbocycles. The van der Waals surface area contributed by atoms with E-state index in [-0.39, 0.29) is 11.4 Å². The lowest BCUT2D eigenvalue weighted by atomic mass is 10.2. The largest absolute Gasteiger partial charge is 0.368 e. The molecule has 1 aromatic rings. The third-order valence-electron chi connectivity index (χ3n) is 2.57. The van der Waals surface area contributed by atoms with Crippen LogP contribution in [0.15, 0.2) is 12.3 Å². The number of aromatic nitrogens is 1. The monoisotopic (exact) mass is 301 g/mol. The second-order valence-corrected chi connectivity index (χ2v) is 5.89. The predicted octanol–water partition coefficient (Wildman–Crippen LogP) is 1.54. The Labute approximate surface area is 120 Å². The second-order valence-electron chi connectivity index (χ2n) is 4.33. The van der Waals surface area contributed by atoms with E-state index in [0.29, 0.717) is 25.3 Å². The number of carbonyl (C=O) groups is 1. The van der Waals surface area contributed by atoms with E-state index in [1.165, 1.54) is 12.3 Å². The molecule has 1 unspecified atom stereocenters. The Hall–Kier alpha value is -1.50. The van der Waals surface area contributed by atoms with Crippen LogP contribution in [0.1, 0.15) is 30.1 Å². The lowest BCUT2D eigenvalue weighted by Crippen LogP contribution is -2.26. The summed E-state index contributed by atoms with van der Waals surface area (Å²) in [5.41, 5.74) is -0.0313. The van der Waals surface area contributed by atoms with Gasteiger partial charge in [-0.25, -0.2) is 9.37 Å². The lowest BCUT2D eigenvalue weighted by molar-refractivity contribution is 0.0949. The first kappa shape index (κ1) is 16.6. The van der Waals surface area contributed by atoms with Crippen molar-refractivity contribution in [1.29, 1.82) is 0 Å². The minimum Gasteiger partial charge on any atom is -0.368 e. The first-order chi connectivity index (χ1) is 9.56. The second kappa shape index (κ2) is 8.63. The standard InChI is InChI=1S/C13H20FN3O2S/c1-3-6-15-12-11(14)10(5-8-16-12)13(18)17-7-4-9-20(2)19/h5,8H,3-4,6-7,9H2,1-2H3,(H,15,16)(H,17,18). The molecule has 0 aliphatic heterocycles. The summed E-state index contributed by atoms with van der Waals surface area (Å²) in [4.78, 5) is 15.7. The van der Waals surface area contributed by atoms with Crippen molar-refractivity contribution in [3.05, 3.63) is 23.6 Å². The van der Waals surface area contributed by atoms with Crippen LogP contribution in [-0.4, -0.2) is 40.2 Å². The number of rotatable bonds is 8. The molecule has 20 heavy (non-hydrogen) atoms. The average molecular weight is 301 g/mol. The summed E-state index contributed by atoms with van der Waals surface area (Å²) in [7, 11) is -0.882. The maximum absolute atomic E-state index is 14.0. The molecule has 0 spiro atoms. The van der Waals surface area contributed by atoms with E-state index in [2.05, 4.69) is 15.6 Å². The van der Waals surface area contributed by atoms with Crippen molar-refractivity contribution < 1.29 is 13.4 Å². The molecule has 1 aromatic heterocycles. The summed E-state index contributed by atoms with van der Waals surface area (Å²) in [5.74, 6) is -0.513. The van der Waals surface area contributed by atoms with Crippen LogP contribution >= 0.6 is 0 Å². The molecule has 5 nitrogen and oxygen atoms in total. The van der Waals surface area contributed by atoms with Crippen molar-refractivity contribution in [2.75, 3.05) is 30.4 Å². The quantitative estimate of drug-likeness (QED) is 0.715. The number of hydrogen-bond donors (Lipinski definition) is 2. The molecule has 0 aliphatic carbocycles. The molecule has 0 aliphatic rings. The highest BCUT2D eigenvalue weighted by atomic mass is 32.2. The van der Waals surface area contributed by atoms with E-state index in [9.17, 15) is 13.4 Å². The van der Waals surface area contributed by atoms with Crippen LogP contribution in [0.4, 0.5) is 10.2 Å². The zero-order valence-corrected chi connectivity index (χ0v) is 12.6. The van der Waals surface area contributed by atoms with Crippen LogP contribution in [0.5, 0.6) is 0 Å². The van der Waals surface area contributed by atoms with Gasteiger partial charge in [-0.1, -0.05) is 6.92 Å². The van der Waals surface area contributed by atoms with Crippen molar-refractivity contribution in [2.45, 2.75) is 19.8 Å². The molecule has 0 fully saturated rings. The third-order valence-corrected chi connectivity index (χ3v) is 3.43. The summed E-state index contributed by atoms with van der Waals surface area (Å²) in [6.45, 7) is 2.92. The zero-order chi connectivity index (χ0) is 15.0. The van der Waals surface area contributed by atoms with Gasteiger partial charge in [-0.05, 0) is 18.9 Å². The van der Waals surface area contributed by atoms with Crippen LogP contribution in [0.2, 0.25) is 0 Å². The summed E-state index contributed by atoms with van der Waals surface area (Å²) in [6, 6.07) is 1.35. The minimum absolute atomic E-state index is 0.0313. The van der Waals surface area contributed by atoms with Crippen LogP contribution in [0.3, 0.4) is 0 Å². The van der Waals surface area contributed by atoms with E-state index < -0.39 is 22.5 Å². The molecule has 1 rings (SSSR count). The fourth-order valence-electron chi connectivity index (χ4n) is 1.56. The maximum Gasteiger partial charge on any atom is 0.254 e. The van der Waals surface area contributed by atoms with Crippen LogP contribution in [0.25, 0.3) is 0 Å². The van der Waals surface area contributed by atoms with Gasteiger partial charge in [0, 0.05) is 42.1 Å². The fraction of sp³-hybridized carbons (Fsp3) is 0.538. The van der Waals surface area contributed by atoms with Crippen molar-refractivity contribution in [1.82, 2.24) is 10.3 Å². The Balaban J connectivity index is 2.61. The van der Waals surface area contributed by atoms with Gasteiger partial charge >= 0.3 is 0 Å². The molecule has 1 heterocycles. The van der Waals surface area contributed by atoms with Crippen molar-refractivity contribution in [3.63, 3.8) is 0 Å². The number of halogens is 1. The number of pyridine rings is 1. The Bertz CT molecular complexity index is 483. The molecule has 1 atom stereocenters. The van der Waals surface area contributed by atoms with E-state index >= 15 is 0 Å². The highest BCUT2D eigenvalue weighted by molar-refractivity contribution is 7.84. The van der Waals surface area contributed by atoms with Crippen molar-refractivity contribution in [2.24, 2.45) is 0 Å². The van der Waals surface area contributed by atoms with Gasteiger partial charge in [0.25, 0.3) is 5.91 Å². The highest BCUT2D eigenvalue weighted by Crippen LogP contribution is 2.14. The molecule has 0 radical (unpaired) electrons. The van der Waals surface area contributed by atoms with E-state index in [1.54, 1.807) is 6.26 Å². The van der Waals surface area contributed by atoms with E-state index in [4.69, 9.17) is 0 Å². The predicted molar refractivity (Wildman–Crippen MR) is 78.9 cm³/mol. The van der Waals surface area contributed by atoms with Crippen molar-refractivity contribution in [3.8, 4) is 0 Å². The number of nitrogens with one attached hydrogen (secondary N) is 2. The van der Waals surface area contributed by atoms with Crippen LogP contribution in [-0.2, 0) is 10.8 Å². The molecular formula is C13H20FN3O2S. The van der Waals surface area contributed by atoms with Crippen LogP contribution < -0.4 is 10.6 Å². The van der Waals surface area contributed by atoms with E-state index in [1.807, 2.05) is 6.92 Å². The first-order valence-electron chi connectivity index (χ1n) is 6.52. The Morgan fingerprint density at radius 1 is 1.45 bits per heavy atom. The number of anilines is 1. The summed E-state index contributed by atoms with van der Waals surface area (Å²) < 4.78 is 24.9. The first-order valence-corrected chi connectivity index (χ1v) is 8.25. The van der Waals surface area contributed by atoms with Gasteiger partial charge in [-0.15, -0.1) is 0 Å². The smallest absolute Gasteiger partial charge is 0.254 e. The molecule has 1 amide bonds. The summed E-state index contributed by atoms with van der Waals surface area (Å²) in [6.07, 6.45) is 4.45. The minimum atomic E-state index is -0.882. The number of amides is 1. The molecule has 7 heteroatoms. The molecular weight excluding hydrogens is 281 g/mol. The lowest BCUT2D eigenvalue weighted by Gasteiger charge is -2.09. The number of carbonyl (C=O) groups excluding carboxylic acids is 1. The molecule has 0 aromatic carbocycles. The SMILES string of the molecule is CCCNc1nccc(C(=O)NCCCS(C)=O)c1F. The van der Waals surface area contributed by atoms with Crippen LogP contribution in [0, 0.1) is 5.82 Å². The number of hydrogen-bond acceptors (Lipinski definition) is 4. The fourth-order valence-corrected chi connectivity index (χ4v) is 2.11. The third kappa shape index (κ3) is 5.24. The van der Waals surface area contributed by atoms with Crippen molar-refractivity contribution >= 4 is 22.5 Å². The maximum atomic E-state index is 14.0. The summed E-state index contributed by atoms with van der Waals surface area (Å²) in [5, 5.41) is 5.44. The van der Waals surface area contributed by atoms with Gasteiger partial charge in [0.15, 0.2) is 11.6 Å². The molecule has 0 saturated heterocycles. The van der Waals surface area contributed by atoms with Gasteiger partial charge in [-0.2, -0.15) is 0 Å². The summed E-state index contributed by atoms with van der Waals surface area (Å²) >= 11 is 0. The number of nitrogens with zero attached hydrogens (tertiary/aromatic N) is 1. The highest BCUT2D eigenvalue weighted by Gasteiger charge is 2.15. The molecule has 0 bridgehead atoms. The van der Waals surface area contributed by atoms with Gasteiger partial charge in [0.05, 0.1) is 5.56 Å². The Morgan fingerprint density at radius 3 is 2.85 bits per heavy atom.